The number of hydrogen-bond donors (Lipinski definition) is 2. The highest BCUT2D eigenvalue weighted by Gasteiger charge is 2.06. The van der Waals surface area contributed by atoms with Crippen LogP contribution in [0.3, 0.4) is 0 Å². The molecule has 1 atom stereocenters. The van der Waals surface area contributed by atoms with Gasteiger partial charge in [0.15, 0.2) is 0 Å². The van der Waals surface area contributed by atoms with Crippen LogP contribution in [0.2, 0.25) is 0 Å². The van der Waals surface area contributed by atoms with Gasteiger partial charge in [-0.25, -0.2) is 0 Å². The molecule has 0 radical (unpaired) electrons. The Hall–Kier alpha value is -0.380. The molecule has 0 bridgehead atoms. The zero-order valence-corrected chi connectivity index (χ0v) is 8.37. The van der Waals surface area contributed by atoms with E-state index in [0.717, 1.165) is 15.6 Å². The molecule has 0 fully saturated rings. The minimum Gasteiger partial charge on any atom is -0.393 e. The van der Waals surface area contributed by atoms with Gasteiger partial charge in [-0.2, -0.15) is 0 Å². The molecule has 0 aliphatic carbocycles. The third-order valence-corrected chi connectivity index (χ3v) is 2.61. The van der Waals surface area contributed by atoms with Gasteiger partial charge in [0.05, 0.1) is 6.61 Å². The molecular formula is C9H11BrO2. The van der Waals surface area contributed by atoms with E-state index in [1.54, 1.807) is 6.07 Å². The molecule has 1 aromatic rings. The van der Waals surface area contributed by atoms with Crippen LogP contribution < -0.4 is 0 Å². The Balaban J connectivity index is 2.96. The second-order valence-electron chi connectivity index (χ2n) is 2.71. The molecule has 0 aliphatic rings. The lowest BCUT2D eigenvalue weighted by molar-refractivity contribution is 0.0955. The quantitative estimate of drug-likeness (QED) is 0.814. The molecule has 0 heterocycles. The first kappa shape index (κ1) is 9.71. The topological polar surface area (TPSA) is 40.5 Å². The molecule has 0 saturated carbocycles. The number of aliphatic hydroxyl groups excluding tert-OH is 2. The fraction of sp³-hybridized carbons (Fsp3) is 0.333. The maximum absolute atomic E-state index is 9.27. The summed E-state index contributed by atoms with van der Waals surface area (Å²) in [5, 5.41) is 18.0. The monoisotopic (exact) mass is 230 g/mol. The molecule has 1 aromatic carbocycles. The normalized spacial score (nSPS) is 13.0. The molecule has 2 N–H and O–H groups in total. The van der Waals surface area contributed by atoms with E-state index < -0.39 is 6.10 Å². The van der Waals surface area contributed by atoms with E-state index >= 15 is 0 Å². The standard InChI is InChI=1S/C9H11BrO2/c1-6-2-3-7(4-8(6)10)9(12)5-11/h2-4,9,11-12H,5H2,1H3. The van der Waals surface area contributed by atoms with Crippen molar-refractivity contribution >= 4 is 15.9 Å². The Morgan fingerprint density at radius 1 is 1.50 bits per heavy atom. The number of aliphatic hydroxyl groups is 2. The molecule has 0 aliphatic heterocycles. The van der Waals surface area contributed by atoms with E-state index in [-0.39, 0.29) is 6.61 Å². The SMILES string of the molecule is Cc1ccc(C(O)CO)cc1Br. The van der Waals surface area contributed by atoms with Crippen LogP contribution in [0.4, 0.5) is 0 Å². The van der Waals surface area contributed by atoms with E-state index in [9.17, 15) is 5.11 Å². The average molecular weight is 231 g/mol. The summed E-state index contributed by atoms with van der Waals surface area (Å²) in [6, 6.07) is 5.52. The summed E-state index contributed by atoms with van der Waals surface area (Å²) in [5.41, 5.74) is 1.85. The van der Waals surface area contributed by atoms with Crippen LogP contribution in [0.15, 0.2) is 22.7 Å². The lowest BCUT2D eigenvalue weighted by Crippen LogP contribution is -2.02. The van der Waals surface area contributed by atoms with Crippen molar-refractivity contribution in [3.8, 4) is 0 Å². The van der Waals surface area contributed by atoms with Crippen molar-refractivity contribution in [2.24, 2.45) is 0 Å². The van der Waals surface area contributed by atoms with Crippen molar-refractivity contribution in [1.29, 1.82) is 0 Å². The highest BCUT2D eigenvalue weighted by Crippen LogP contribution is 2.21. The number of halogens is 1. The van der Waals surface area contributed by atoms with Gasteiger partial charge in [0.1, 0.15) is 6.10 Å². The van der Waals surface area contributed by atoms with Crippen LogP contribution >= 0.6 is 15.9 Å². The van der Waals surface area contributed by atoms with Gasteiger partial charge < -0.3 is 10.2 Å². The molecule has 66 valence electrons. The van der Waals surface area contributed by atoms with E-state index in [4.69, 9.17) is 5.11 Å². The molecule has 1 rings (SSSR count). The largest absolute Gasteiger partial charge is 0.393 e. The van der Waals surface area contributed by atoms with Gasteiger partial charge in [0, 0.05) is 4.47 Å². The third kappa shape index (κ3) is 2.06. The van der Waals surface area contributed by atoms with E-state index in [2.05, 4.69) is 15.9 Å². The van der Waals surface area contributed by atoms with Gasteiger partial charge in [-0.15, -0.1) is 0 Å². The van der Waals surface area contributed by atoms with Crippen LogP contribution in [0.1, 0.15) is 17.2 Å². The highest BCUT2D eigenvalue weighted by atomic mass is 79.9. The summed E-state index contributed by atoms with van der Waals surface area (Å²) in [6.07, 6.45) is -0.776. The Morgan fingerprint density at radius 3 is 2.67 bits per heavy atom. The van der Waals surface area contributed by atoms with Crippen molar-refractivity contribution in [1.82, 2.24) is 0 Å². The van der Waals surface area contributed by atoms with Gasteiger partial charge in [-0.1, -0.05) is 28.1 Å². The van der Waals surface area contributed by atoms with Gasteiger partial charge in [-0.3, -0.25) is 0 Å². The van der Waals surface area contributed by atoms with Gasteiger partial charge >= 0.3 is 0 Å². The van der Waals surface area contributed by atoms with Crippen LogP contribution in [-0.4, -0.2) is 16.8 Å². The summed E-state index contributed by atoms with van der Waals surface area (Å²) < 4.78 is 0.951. The number of aryl methyl sites for hydroxylation is 1. The van der Waals surface area contributed by atoms with Gasteiger partial charge in [0.25, 0.3) is 0 Å². The maximum atomic E-state index is 9.27. The van der Waals surface area contributed by atoms with Crippen molar-refractivity contribution in [3.05, 3.63) is 33.8 Å². The summed E-state index contributed by atoms with van der Waals surface area (Å²) >= 11 is 3.35. The molecule has 1 unspecified atom stereocenters. The summed E-state index contributed by atoms with van der Waals surface area (Å²) in [5.74, 6) is 0. The molecular weight excluding hydrogens is 220 g/mol. The van der Waals surface area contributed by atoms with Crippen LogP contribution in [0, 0.1) is 6.92 Å². The zero-order valence-electron chi connectivity index (χ0n) is 6.79. The fourth-order valence-electron chi connectivity index (χ4n) is 0.922. The summed E-state index contributed by atoms with van der Waals surface area (Å²) in [7, 11) is 0. The zero-order chi connectivity index (χ0) is 9.14. The number of rotatable bonds is 2. The fourth-order valence-corrected chi connectivity index (χ4v) is 1.32. The lowest BCUT2D eigenvalue weighted by atomic mass is 10.1. The van der Waals surface area contributed by atoms with E-state index in [0.29, 0.717) is 0 Å². The van der Waals surface area contributed by atoms with Crippen molar-refractivity contribution in [2.75, 3.05) is 6.61 Å². The molecule has 0 amide bonds. The Kier molecular flexibility index (Phi) is 3.26. The second-order valence-corrected chi connectivity index (χ2v) is 3.56. The van der Waals surface area contributed by atoms with E-state index in [1.807, 2.05) is 19.1 Å². The minimum atomic E-state index is -0.776. The van der Waals surface area contributed by atoms with Crippen LogP contribution in [0.5, 0.6) is 0 Å². The van der Waals surface area contributed by atoms with Crippen molar-refractivity contribution in [3.63, 3.8) is 0 Å². The molecule has 12 heavy (non-hydrogen) atoms. The first-order valence-corrected chi connectivity index (χ1v) is 4.49. The van der Waals surface area contributed by atoms with Crippen molar-refractivity contribution < 1.29 is 10.2 Å². The van der Waals surface area contributed by atoms with Gasteiger partial charge in [-0.05, 0) is 24.1 Å². The van der Waals surface area contributed by atoms with Crippen molar-refractivity contribution in [2.45, 2.75) is 13.0 Å². The minimum absolute atomic E-state index is 0.241. The van der Waals surface area contributed by atoms with E-state index in [1.165, 1.54) is 0 Å². The molecule has 0 saturated heterocycles. The Morgan fingerprint density at radius 2 is 2.17 bits per heavy atom. The Bertz CT molecular complexity index is 273. The maximum Gasteiger partial charge on any atom is 0.102 e. The number of benzene rings is 1. The molecule has 2 nitrogen and oxygen atoms in total. The summed E-state index contributed by atoms with van der Waals surface area (Å²) in [4.78, 5) is 0. The molecule has 0 aromatic heterocycles. The Labute approximate surface area is 80.0 Å². The average Bonchev–Trinajstić information content (AvgIpc) is 2.08. The molecule has 3 heteroatoms. The lowest BCUT2D eigenvalue weighted by Gasteiger charge is -2.08. The molecule has 0 spiro atoms. The van der Waals surface area contributed by atoms with Gasteiger partial charge in [0.2, 0.25) is 0 Å². The highest BCUT2D eigenvalue weighted by molar-refractivity contribution is 9.10. The predicted octanol–water partition coefficient (Wildman–Crippen LogP) is 1.78. The van der Waals surface area contributed by atoms with Crippen LogP contribution in [0.25, 0.3) is 0 Å². The first-order valence-electron chi connectivity index (χ1n) is 3.70. The first-order chi connectivity index (χ1) is 5.65. The predicted molar refractivity (Wildman–Crippen MR) is 50.9 cm³/mol. The summed E-state index contributed by atoms with van der Waals surface area (Å²) in [6.45, 7) is 1.73. The smallest absolute Gasteiger partial charge is 0.102 e. The van der Waals surface area contributed by atoms with Crippen LogP contribution in [-0.2, 0) is 0 Å². The number of hydrogen-bond acceptors (Lipinski definition) is 2. The second kappa shape index (κ2) is 4.03. The third-order valence-electron chi connectivity index (χ3n) is 1.75.